The van der Waals surface area contributed by atoms with E-state index in [1.54, 1.807) is 12.1 Å². The maximum Gasteiger partial charge on any atom is 0.258 e. The highest BCUT2D eigenvalue weighted by atomic mass is 32.2. The van der Waals surface area contributed by atoms with Crippen molar-refractivity contribution in [1.29, 1.82) is 0 Å². The second kappa shape index (κ2) is 8.19. The third-order valence-electron chi connectivity index (χ3n) is 3.58. The zero-order valence-corrected chi connectivity index (χ0v) is 15.9. The summed E-state index contributed by atoms with van der Waals surface area (Å²) in [6.07, 6.45) is 0. The average Bonchev–Trinajstić information content (AvgIpc) is 2.53. The molecule has 0 aliphatic carbocycles. The molecule has 0 spiro atoms. The van der Waals surface area contributed by atoms with Crippen molar-refractivity contribution in [2.45, 2.75) is 31.7 Å². The summed E-state index contributed by atoms with van der Waals surface area (Å²) in [5.41, 5.74) is 2.80. The Balaban J connectivity index is 2.18. The first-order valence-electron chi connectivity index (χ1n) is 7.99. The number of primary sulfonamides is 1. The fourth-order valence-electron chi connectivity index (χ4n) is 2.40. The van der Waals surface area contributed by atoms with E-state index < -0.39 is 27.8 Å². The van der Waals surface area contributed by atoms with Crippen molar-refractivity contribution < 1.29 is 18.0 Å². The van der Waals surface area contributed by atoms with E-state index in [0.717, 1.165) is 11.1 Å². The normalized spacial score (nSPS) is 12.7. The lowest BCUT2D eigenvalue weighted by Crippen LogP contribution is -2.31. The summed E-state index contributed by atoms with van der Waals surface area (Å²) in [6, 6.07) is 9.50. The summed E-state index contributed by atoms with van der Waals surface area (Å²) in [4.78, 5) is 24.1. The van der Waals surface area contributed by atoms with Gasteiger partial charge < -0.3 is 5.32 Å². The summed E-state index contributed by atoms with van der Waals surface area (Å²) < 4.78 is 22.5. The number of anilines is 1. The van der Waals surface area contributed by atoms with Crippen molar-refractivity contribution in [2.24, 2.45) is 15.4 Å². The Morgan fingerprint density at radius 2 is 1.59 bits per heavy atom. The van der Waals surface area contributed by atoms with E-state index in [4.69, 9.17) is 5.14 Å². The molecule has 0 unspecified atom stereocenters. The second-order valence-electron chi connectivity index (χ2n) is 6.13. The van der Waals surface area contributed by atoms with Gasteiger partial charge in [-0.2, -0.15) is 10.2 Å². The van der Waals surface area contributed by atoms with Crippen LogP contribution in [0.2, 0.25) is 0 Å². The Morgan fingerprint density at radius 1 is 1.04 bits per heavy atom. The first-order valence-corrected chi connectivity index (χ1v) is 9.54. The van der Waals surface area contributed by atoms with Gasteiger partial charge in [0.2, 0.25) is 16.1 Å². The predicted octanol–water partition coefficient (Wildman–Crippen LogP) is 2.63. The number of aryl methyl sites for hydroxylation is 2. The number of carbonyl (C=O) groups excluding carboxylic acids is 2. The molecule has 0 saturated heterocycles. The van der Waals surface area contributed by atoms with E-state index in [1.165, 1.54) is 31.2 Å². The highest BCUT2D eigenvalue weighted by molar-refractivity contribution is 7.89. The Morgan fingerprint density at radius 3 is 2.07 bits per heavy atom. The Kier molecular flexibility index (Phi) is 6.19. The smallest absolute Gasteiger partial charge is 0.258 e. The van der Waals surface area contributed by atoms with Crippen molar-refractivity contribution in [2.75, 3.05) is 5.32 Å². The van der Waals surface area contributed by atoms with Crippen LogP contribution in [0.5, 0.6) is 0 Å². The van der Waals surface area contributed by atoms with Crippen LogP contribution in [0.1, 0.15) is 18.1 Å². The van der Waals surface area contributed by atoms with Crippen LogP contribution in [0.3, 0.4) is 0 Å². The van der Waals surface area contributed by atoms with Gasteiger partial charge >= 0.3 is 0 Å². The SMILES string of the molecule is CC(=O)[C@H](N=Nc1ccc(S(N)(=O)=O)cc1)C(=O)Nc1cc(C)cc(C)c1. The highest BCUT2D eigenvalue weighted by Gasteiger charge is 2.23. The summed E-state index contributed by atoms with van der Waals surface area (Å²) in [6.45, 7) is 5.04. The van der Waals surface area contributed by atoms with Gasteiger partial charge in [0.25, 0.3) is 5.91 Å². The molecule has 1 amide bonds. The van der Waals surface area contributed by atoms with Crippen molar-refractivity contribution >= 4 is 33.1 Å². The number of rotatable bonds is 6. The van der Waals surface area contributed by atoms with Gasteiger partial charge in [-0.25, -0.2) is 13.6 Å². The largest absolute Gasteiger partial charge is 0.324 e. The molecule has 3 N–H and O–H groups in total. The van der Waals surface area contributed by atoms with Crippen LogP contribution >= 0.6 is 0 Å². The van der Waals surface area contributed by atoms with Gasteiger partial charge in [0, 0.05) is 5.69 Å². The molecule has 142 valence electrons. The molecule has 0 saturated carbocycles. The molecular weight excluding hydrogens is 368 g/mol. The third-order valence-corrected chi connectivity index (χ3v) is 4.51. The minimum Gasteiger partial charge on any atom is -0.324 e. The number of Topliss-reactive ketones (excluding diaryl/α,β-unsaturated/α-hetero) is 1. The minimum absolute atomic E-state index is 0.0721. The molecule has 8 nitrogen and oxygen atoms in total. The van der Waals surface area contributed by atoms with Crippen LogP contribution < -0.4 is 10.5 Å². The molecule has 0 aliphatic heterocycles. The summed E-state index contributed by atoms with van der Waals surface area (Å²) in [5, 5.41) is 15.3. The number of nitrogens with zero attached hydrogens (tertiary/aromatic N) is 2. The lowest BCUT2D eigenvalue weighted by atomic mass is 10.1. The zero-order chi connectivity index (χ0) is 20.2. The van der Waals surface area contributed by atoms with Gasteiger partial charge in [0.05, 0.1) is 10.6 Å². The van der Waals surface area contributed by atoms with Gasteiger partial charge in [0.15, 0.2) is 5.78 Å². The molecule has 0 bridgehead atoms. The van der Waals surface area contributed by atoms with Crippen LogP contribution in [-0.2, 0) is 19.6 Å². The fraction of sp³-hybridized carbons (Fsp3) is 0.222. The molecule has 2 rings (SSSR count). The molecule has 0 aromatic heterocycles. The van der Waals surface area contributed by atoms with Crippen molar-refractivity contribution in [3.63, 3.8) is 0 Å². The van der Waals surface area contributed by atoms with E-state index in [-0.39, 0.29) is 10.6 Å². The number of azo groups is 1. The maximum atomic E-state index is 12.4. The number of nitrogens with two attached hydrogens (primary N) is 1. The number of amides is 1. The molecule has 9 heteroatoms. The highest BCUT2D eigenvalue weighted by Crippen LogP contribution is 2.18. The Hall–Kier alpha value is -2.91. The standard InChI is InChI=1S/C18H20N4O4S/c1-11-8-12(2)10-15(9-11)20-18(24)17(13(3)23)22-21-14-4-6-16(7-5-14)27(19,25)26/h4-10,17H,1-3H3,(H,20,24)(H2,19,25,26)/t17-/m0/s1. The lowest BCUT2D eigenvalue weighted by Gasteiger charge is -2.10. The number of hydrogen-bond donors (Lipinski definition) is 2. The topological polar surface area (TPSA) is 131 Å². The maximum absolute atomic E-state index is 12.4. The molecule has 0 heterocycles. The third kappa shape index (κ3) is 5.80. The van der Waals surface area contributed by atoms with Crippen molar-refractivity contribution in [1.82, 2.24) is 0 Å². The van der Waals surface area contributed by atoms with Crippen molar-refractivity contribution in [3.8, 4) is 0 Å². The van der Waals surface area contributed by atoms with Crippen LogP contribution in [0.4, 0.5) is 11.4 Å². The molecule has 0 radical (unpaired) electrons. The number of nitrogens with one attached hydrogen (secondary N) is 1. The first-order chi connectivity index (χ1) is 12.6. The molecule has 0 fully saturated rings. The van der Waals surface area contributed by atoms with Crippen LogP contribution in [0.25, 0.3) is 0 Å². The summed E-state index contributed by atoms with van der Waals surface area (Å²) in [7, 11) is -3.81. The van der Waals surface area contributed by atoms with Crippen LogP contribution in [-0.4, -0.2) is 26.2 Å². The van der Waals surface area contributed by atoms with Crippen LogP contribution in [0, 0.1) is 13.8 Å². The molecule has 0 aliphatic rings. The number of hydrogen-bond acceptors (Lipinski definition) is 6. The van der Waals surface area contributed by atoms with E-state index in [9.17, 15) is 18.0 Å². The fourth-order valence-corrected chi connectivity index (χ4v) is 2.92. The van der Waals surface area contributed by atoms with E-state index in [2.05, 4.69) is 15.5 Å². The number of ketones is 1. The minimum atomic E-state index is -3.81. The van der Waals surface area contributed by atoms with Gasteiger partial charge in [-0.05, 0) is 68.3 Å². The summed E-state index contributed by atoms with van der Waals surface area (Å²) >= 11 is 0. The number of sulfonamides is 1. The zero-order valence-electron chi connectivity index (χ0n) is 15.1. The van der Waals surface area contributed by atoms with Crippen molar-refractivity contribution in [3.05, 3.63) is 53.6 Å². The van der Waals surface area contributed by atoms with E-state index in [0.29, 0.717) is 5.69 Å². The molecule has 1 atom stereocenters. The number of benzene rings is 2. The number of carbonyl (C=O) groups is 2. The summed E-state index contributed by atoms with van der Waals surface area (Å²) in [5.74, 6) is -1.07. The molecule has 2 aromatic carbocycles. The quantitative estimate of drug-likeness (QED) is 0.581. The monoisotopic (exact) mass is 388 g/mol. The first kappa shape index (κ1) is 20.4. The van der Waals surface area contributed by atoms with Crippen LogP contribution in [0.15, 0.2) is 57.6 Å². The predicted molar refractivity (Wildman–Crippen MR) is 101 cm³/mol. The Bertz CT molecular complexity index is 978. The average molecular weight is 388 g/mol. The van der Waals surface area contributed by atoms with E-state index >= 15 is 0 Å². The van der Waals surface area contributed by atoms with Gasteiger partial charge in [-0.15, -0.1) is 0 Å². The molecule has 27 heavy (non-hydrogen) atoms. The lowest BCUT2D eigenvalue weighted by molar-refractivity contribution is -0.126. The second-order valence-corrected chi connectivity index (χ2v) is 7.69. The van der Waals surface area contributed by atoms with Gasteiger partial charge in [-0.1, -0.05) is 6.07 Å². The molecule has 2 aromatic rings. The van der Waals surface area contributed by atoms with Gasteiger partial charge in [-0.3, -0.25) is 9.59 Å². The van der Waals surface area contributed by atoms with Gasteiger partial charge in [0.1, 0.15) is 0 Å². The molecular formula is C18H20N4O4S. The van der Waals surface area contributed by atoms with E-state index in [1.807, 2.05) is 19.9 Å². The Labute approximate surface area is 157 Å².